The Bertz CT molecular complexity index is 1370. The van der Waals surface area contributed by atoms with Gasteiger partial charge in [-0.1, -0.05) is 65.7 Å². The second-order valence-corrected chi connectivity index (χ2v) is 11.7. The van der Waals surface area contributed by atoms with Crippen LogP contribution in [0.2, 0.25) is 10.0 Å². The van der Waals surface area contributed by atoms with Crippen molar-refractivity contribution in [2.45, 2.75) is 37.2 Å². The van der Waals surface area contributed by atoms with E-state index in [2.05, 4.69) is 9.88 Å². The van der Waals surface area contributed by atoms with Gasteiger partial charge in [0.05, 0.1) is 22.8 Å². The van der Waals surface area contributed by atoms with Gasteiger partial charge in [0.2, 0.25) is 0 Å². The van der Waals surface area contributed by atoms with E-state index in [1.165, 1.54) is 29.3 Å². The van der Waals surface area contributed by atoms with Gasteiger partial charge in [0.15, 0.2) is 0 Å². The van der Waals surface area contributed by atoms with Crippen molar-refractivity contribution < 1.29 is 13.3 Å². The maximum absolute atomic E-state index is 13.2. The van der Waals surface area contributed by atoms with Crippen molar-refractivity contribution in [2.75, 3.05) is 6.54 Å². The summed E-state index contributed by atoms with van der Waals surface area (Å²) in [5.41, 5.74) is 4.77. The van der Waals surface area contributed by atoms with Crippen LogP contribution in [-0.2, 0) is 14.9 Å². The molecule has 0 aliphatic carbocycles. The van der Waals surface area contributed by atoms with Gasteiger partial charge >= 0.3 is 0 Å². The number of hydrogen-bond acceptors (Lipinski definition) is 4. The monoisotopic (exact) mass is 544 g/mol. The lowest BCUT2D eigenvalue weighted by molar-refractivity contribution is -0.0469. The Labute approximate surface area is 221 Å². The van der Waals surface area contributed by atoms with Crippen molar-refractivity contribution in [3.63, 3.8) is 0 Å². The van der Waals surface area contributed by atoms with Gasteiger partial charge in [-0.2, -0.15) is 13.5 Å². The van der Waals surface area contributed by atoms with E-state index in [4.69, 9.17) is 33.1 Å². The quantitative estimate of drug-likeness (QED) is 0.247. The number of halogens is 2. The Morgan fingerprint density at radius 3 is 2.14 bits per heavy atom. The Kier molecular flexibility index (Phi) is 7.70. The molecular formula is C26H26Cl2N4O3S. The first-order valence-corrected chi connectivity index (χ1v) is 13.4. The lowest BCUT2D eigenvalue weighted by atomic mass is 9.91. The first-order valence-electron chi connectivity index (χ1n) is 11.2. The third kappa shape index (κ3) is 6.44. The molecule has 0 bridgehead atoms. The zero-order valence-corrected chi connectivity index (χ0v) is 22.3. The maximum Gasteiger partial charge on any atom is 0.285 e. The van der Waals surface area contributed by atoms with Crippen LogP contribution < -0.4 is 5.48 Å². The minimum Gasteiger partial charge on any atom is -0.268 e. The molecule has 10 heteroatoms. The van der Waals surface area contributed by atoms with Gasteiger partial charge in [-0.05, 0) is 68.3 Å². The van der Waals surface area contributed by atoms with Gasteiger partial charge in [-0.15, -0.1) is 4.40 Å². The number of hydroxylamine groups is 1. The second-order valence-electron chi connectivity index (χ2n) is 9.20. The van der Waals surface area contributed by atoms with Crippen LogP contribution in [0.5, 0.6) is 0 Å². The third-order valence-electron chi connectivity index (χ3n) is 5.27. The molecule has 36 heavy (non-hydrogen) atoms. The smallest absolute Gasteiger partial charge is 0.268 e. The Hall–Kier alpha value is -2.91. The normalized spacial score (nSPS) is 16.7. The topological polar surface area (TPSA) is 83.4 Å². The van der Waals surface area contributed by atoms with Crippen molar-refractivity contribution in [1.82, 2.24) is 10.5 Å². The standard InChI is InChI=1S/C26H26Cl2N4O3S/c1-26(2,3)35-30-25(31-36(33,34)22-15-13-21(28)14-16-22)32-17-23(18-7-5-4-6-8-18)24(29-32)19-9-11-20(27)12-10-19/h4-16,23H,17H2,1-3H3,(H,30,31). The predicted octanol–water partition coefficient (Wildman–Crippen LogP) is 5.86. The lowest BCUT2D eigenvalue weighted by Gasteiger charge is -2.24. The molecule has 1 aliphatic rings. The van der Waals surface area contributed by atoms with Crippen LogP contribution in [0, 0.1) is 0 Å². The van der Waals surface area contributed by atoms with Crippen molar-refractivity contribution >= 4 is 44.9 Å². The summed E-state index contributed by atoms with van der Waals surface area (Å²) in [6, 6.07) is 23.1. The third-order valence-corrected chi connectivity index (χ3v) is 7.05. The van der Waals surface area contributed by atoms with Crippen LogP contribution in [0.1, 0.15) is 37.8 Å². The van der Waals surface area contributed by atoms with Crippen molar-refractivity contribution in [1.29, 1.82) is 0 Å². The molecule has 1 unspecified atom stereocenters. The molecule has 7 nitrogen and oxygen atoms in total. The number of sulfonamides is 1. The Balaban J connectivity index is 1.77. The molecule has 0 saturated heterocycles. The fourth-order valence-corrected chi connectivity index (χ4v) is 4.75. The van der Waals surface area contributed by atoms with E-state index < -0.39 is 15.6 Å². The summed E-state index contributed by atoms with van der Waals surface area (Å²) in [7, 11) is -4.09. The molecule has 4 rings (SSSR count). The number of nitrogens with zero attached hydrogens (tertiary/aromatic N) is 3. The Morgan fingerprint density at radius 1 is 0.972 bits per heavy atom. The van der Waals surface area contributed by atoms with E-state index in [1.54, 1.807) is 12.1 Å². The molecular weight excluding hydrogens is 519 g/mol. The summed E-state index contributed by atoms with van der Waals surface area (Å²) in [4.78, 5) is 5.71. The van der Waals surface area contributed by atoms with Crippen molar-refractivity contribution in [2.24, 2.45) is 9.50 Å². The summed E-state index contributed by atoms with van der Waals surface area (Å²) in [5.74, 6) is -0.197. The van der Waals surface area contributed by atoms with E-state index in [1.807, 2.05) is 63.2 Å². The molecule has 0 amide bonds. The van der Waals surface area contributed by atoms with E-state index in [9.17, 15) is 8.42 Å². The molecule has 1 aliphatic heterocycles. The average molecular weight is 545 g/mol. The Morgan fingerprint density at radius 2 is 1.56 bits per heavy atom. The highest BCUT2D eigenvalue weighted by Gasteiger charge is 2.33. The van der Waals surface area contributed by atoms with Gasteiger partial charge in [0, 0.05) is 16.0 Å². The van der Waals surface area contributed by atoms with Gasteiger partial charge < -0.3 is 0 Å². The molecule has 0 saturated carbocycles. The molecule has 1 atom stereocenters. The van der Waals surface area contributed by atoms with Crippen molar-refractivity contribution in [3.8, 4) is 0 Å². The van der Waals surface area contributed by atoms with Gasteiger partial charge in [-0.25, -0.2) is 10.5 Å². The number of benzene rings is 3. The summed E-state index contributed by atoms with van der Waals surface area (Å²) in [6.45, 7) is 5.86. The number of hydrogen-bond donors (Lipinski definition) is 1. The minimum absolute atomic E-state index is 0.00247. The molecule has 3 aromatic rings. The van der Waals surface area contributed by atoms with E-state index in [0.29, 0.717) is 16.6 Å². The molecule has 188 valence electrons. The fourth-order valence-electron chi connectivity index (χ4n) is 3.55. The zero-order chi connectivity index (χ0) is 25.9. The molecule has 0 aromatic heterocycles. The molecule has 1 N–H and O–H groups in total. The molecule has 3 aromatic carbocycles. The van der Waals surface area contributed by atoms with Crippen LogP contribution >= 0.6 is 23.2 Å². The molecule has 0 fully saturated rings. The van der Waals surface area contributed by atoms with Crippen LogP contribution in [0.25, 0.3) is 0 Å². The SMILES string of the molecule is CC(C)(C)ON/C(=N\S(=O)(=O)c1ccc(Cl)cc1)N1CC(c2ccccc2)C(c2ccc(Cl)cc2)=N1. The van der Waals surface area contributed by atoms with Crippen LogP contribution in [0.4, 0.5) is 0 Å². The van der Waals surface area contributed by atoms with Gasteiger partial charge in [0.1, 0.15) is 0 Å². The zero-order valence-electron chi connectivity index (χ0n) is 20.0. The summed E-state index contributed by atoms with van der Waals surface area (Å²) in [5, 5.41) is 7.34. The maximum atomic E-state index is 13.2. The highest BCUT2D eigenvalue weighted by Crippen LogP contribution is 2.30. The highest BCUT2D eigenvalue weighted by atomic mass is 35.5. The van der Waals surface area contributed by atoms with E-state index in [0.717, 1.165) is 16.8 Å². The number of rotatable bonds is 5. The van der Waals surface area contributed by atoms with Crippen LogP contribution in [0.3, 0.4) is 0 Å². The highest BCUT2D eigenvalue weighted by molar-refractivity contribution is 7.90. The molecule has 0 radical (unpaired) electrons. The molecule has 0 spiro atoms. The first-order chi connectivity index (χ1) is 17.0. The summed E-state index contributed by atoms with van der Waals surface area (Å²) >= 11 is 12.0. The second kappa shape index (κ2) is 10.6. The lowest BCUT2D eigenvalue weighted by Crippen LogP contribution is -2.42. The first kappa shape index (κ1) is 26.2. The van der Waals surface area contributed by atoms with Crippen molar-refractivity contribution in [3.05, 3.63) is 100 Å². The predicted molar refractivity (Wildman–Crippen MR) is 144 cm³/mol. The summed E-state index contributed by atoms with van der Waals surface area (Å²) < 4.78 is 30.4. The fraction of sp³-hybridized carbons (Fsp3) is 0.231. The van der Waals surface area contributed by atoms with E-state index >= 15 is 0 Å². The molecule has 1 heterocycles. The number of hydrazone groups is 1. The van der Waals surface area contributed by atoms with Gasteiger partial charge in [0.25, 0.3) is 16.0 Å². The number of guanidine groups is 1. The van der Waals surface area contributed by atoms with Crippen LogP contribution in [-0.4, -0.2) is 37.2 Å². The van der Waals surface area contributed by atoms with E-state index in [-0.39, 0.29) is 16.8 Å². The summed E-state index contributed by atoms with van der Waals surface area (Å²) in [6.07, 6.45) is 0. The average Bonchev–Trinajstić information content (AvgIpc) is 3.28. The largest absolute Gasteiger partial charge is 0.285 e. The van der Waals surface area contributed by atoms with Gasteiger partial charge in [-0.3, -0.25) is 4.84 Å². The van der Waals surface area contributed by atoms with Crippen LogP contribution in [0.15, 0.2) is 93.3 Å². The minimum atomic E-state index is -4.09. The number of nitrogens with one attached hydrogen (secondary N) is 1.